The molecule has 0 saturated heterocycles. The molecule has 9 heteroatoms. The van der Waals surface area contributed by atoms with Gasteiger partial charge in [-0.1, -0.05) is 41.4 Å². The lowest BCUT2D eigenvalue weighted by Gasteiger charge is -2.08. The molecule has 0 unspecified atom stereocenters. The number of fused-ring (bicyclic) bond motifs is 3. The molecule has 0 N–H and O–H groups in total. The maximum absolute atomic E-state index is 13.2. The van der Waals surface area contributed by atoms with Gasteiger partial charge in [-0.15, -0.1) is 10.2 Å². The van der Waals surface area contributed by atoms with Gasteiger partial charge in [0.15, 0.2) is 17.0 Å². The Hall–Kier alpha value is -3.65. The van der Waals surface area contributed by atoms with E-state index in [1.807, 2.05) is 41.8 Å². The summed E-state index contributed by atoms with van der Waals surface area (Å²) in [5.74, 6) is 1.02. The van der Waals surface area contributed by atoms with E-state index in [0.29, 0.717) is 34.3 Å². The normalized spacial score (nSPS) is 11.6. The van der Waals surface area contributed by atoms with E-state index in [9.17, 15) is 9.59 Å². The molecule has 0 fully saturated rings. The SMILES string of the molecule is Cc1cccc(Cn2c3c(=O)n(C)c(=O)n(C)c3n3c(-c4ccc(Cl)cc4)nnc23)c1. The maximum atomic E-state index is 13.2. The van der Waals surface area contributed by atoms with Crippen molar-refractivity contribution >= 4 is 28.5 Å². The van der Waals surface area contributed by atoms with Crippen molar-refractivity contribution in [3.63, 3.8) is 0 Å². The quantitative estimate of drug-likeness (QED) is 0.437. The predicted octanol–water partition coefficient (Wildman–Crippen LogP) is 2.76. The first-order chi connectivity index (χ1) is 14.9. The molecule has 0 saturated carbocycles. The molecule has 0 atom stereocenters. The van der Waals surface area contributed by atoms with Crippen LogP contribution in [0.25, 0.3) is 28.3 Å². The molecule has 2 aromatic carbocycles. The minimum absolute atomic E-state index is 0.377. The first kappa shape index (κ1) is 19.3. The van der Waals surface area contributed by atoms with Gasteiger partial charge in [0.1, 0.15) is 0 Å². The van der Waals surface area contributed by atoms with Crippen LogP contribution in [0.3, 0.4) is 0 Å². The fourth-order valence-corrected chi connectivity index (χ4v) is 4.11. The fraction of sp³-hybridized carbons (Fsp3) is 0.182. The number of hydrogen-bond acceptors (Lipinski definition) is 4. The highest BCUT2D eigenvalue weighted by Gasteiger charge is 2.24. The van der Waals surface area contributed by atoms with Crippen LogP contribution in [-0.4, -0.2) is 28.3 Å². The number of halogens is 1. The average molecular weight is 435 g/mol. The maximum Gasteiger partial charge on any atom is 0.332 e. The number of aryl methyl sites for hydroxylation is 2. The topological polar surface area (TPSA) is 79.1 Å². The van der Waals surface area contributed by atoms with Crippen LogP contribution in [0.2, 0.25) is 5.02 Å². The van der Waals surface area contributed by atoms with Crippen LogP contribution in [0.15, 0.2) is 58.1 Å². The van der Waals surface area contributed by atoms with Gasteiger partial charge in [-0.2, -0.15) is 0 Å². The van der Waals surface area contributed by atoms with Crippen molar-refractivity contribution in [3.8, 4) is 11.4 Å². The number of benzene rings is 2. The molecule has 0 aliphatic carbocycles. The smallest absolute Gasteiger partial charge is 0.298 e. The lowest BCUT2D eigenvalue weighted by molar-refractivity contribution is 0.700. The van der Waals surface area contributed by atoms with E-state index in [0.717, 1.165) is 21.3 Å². The third-order valence-corrected chi connectivity index (χ3v) is 5.76. The van der Waals surface area contributed by atoms with Gasteiger partial charge in [0.2, 0.25) is 5.78 Å². The summed E-state index contributed by atoms with van der Waals surface area (Å²) in [5, 5.41) is 9.37. The first-order valence-electron chi connectivity index (χ1n) is 9.71. The monoisotopic (exact) mass is 434 g/mol. The van der Waals surface area contributed by atoms with Crippen molar-refractivity contribution < 1.29 is 0 Å². The Balaban J connectivity index is 1.91. The van der Waals surface area contributed by atoms with Gasteiger partial charge < -0.3 is 0 Å². The highest BCUT2D eigenvalue weighted by atomic mass is 35.5. The summed E-state index contributed by atoms with van der Waals surface area (Å²) in [6.07, 6.45) is 0. The van der Waals surface area contributed by atoms with E-state index in [2.05, 4.69) is 16.3 Å². The number of rotatable bonds is 3. The van der Waals surface area contributed by atoms with Gasteiger partial charge in [-0.25, -0.2) is 9.20 Å². The zero-order valence-corrected chi connectivity index (χ0v) is 18.0. The molecule has 5 rings (SSSR count). The van der Waals surface area contributed by atoms with Crippen LogP contribution >= 0.6 is 11.6 Å². The molecule has 5 aromatic rings. The van der Waals surface area contributed by atoms with Crippen molar-refractivity contribution in [1.29, 1.82) is 0 Å². The molecule has 0 aliphatic rings. The summed E-state index contributed by atoms with van der Waals surface area (Å²) >= 11 is 6.04. The van der Waals surface area contributed by atoms with E-state index in [1.54, 1.807) is 23.6 Å². The molecule has 8 nitrogen and oxygen atoms in total. The third-order valence-electron chi connectivity index (χ3n) is 5.51. The average Bonchev–Trinajstić information content (AvgIpc) is 3.30. The summed E-state index contributed by atoms with van der Waals surface area (Å²) < 4.78 is 6.15. The second kappa shape index (κ2) is 6.95. The largest absolute Gasteiger partial charge is 0.332 e. The molecule has 0 aliphatic heterocycles. The minimum Gasteiger partial charge on any atom is -0.298 e. The lowest BCUT2D eigenvalue weighted by Crippen LogP contribution is -2.37. The Morgan fingerprint density at radius 2 is 1.71 bits per heavy atom. The molecule has 0 bridgehead atoms. The third kappa shape index (κ3) is 2.90. The molecular formula is C22H19ClN6O2. The van der Waals surface area contributed by atoms with Crippen molar-refractivity contribution in [2.75, 3.05) is 0 Å². The van der Waals surface area contributed by atoms with Crippen LogP contribution in [0.4, 0.5) is 0 Å². The zero-order chi connectivity index (χ0) is 21.9. The summed E-state index contributed by atoms with van der Waals surface area (Å²) in [6, 6.07) is 15.3. The molecular weight excluding hydrogens is 416 g/mol. The summed E-state index contributed by atoms with van der Waals surface area (Å²) in [4.78, 5) is 25.9. The number of imidazole rings is 1. The summed E-state index contributed by atoms with van der Waals surface area (Å²) in [5.41, 5.74) is 2.97. The Bertz CT molecular complexity index is 1590. The highest BCUT2D eigenvalue weighted by Crippen LogP contribution is 2.26. The van der Waals surface area contributed by atoms with E-state index < -0.39 is 5.69 Å². The van der Waals surface area contributed by atoms with Crippen LogP contribution in [0.5, 0.6) is 0 Å². The first-order valence-corrected chi connectivity index (χ1v) is 10.1. The van der Waals surface area contributed by atoms with Crippen molar-refractivity contribution in [2.24, 2.45) is 14.1 Å². The highest BCUT2D eigenvalue weighted by molar-refractivity contribution is 6.30. The van der Waals surface area contributed by atoms with Crippen LogP contribution < -0.4 is 11.2 Å². The van der Waals surface area contributed by atoms with Crippen molar-refractivity contribution in [3.05, 3.63) is 85.5 Å². The molecule has 0 amide bonds. The van der Waals surface area contributed by atoms with Gasteiger partial charge in [0, 0.05) is 24.7 Å². The Morgan fingerprint density at radius 3 is 2.42 bits per heavy atom. The second-order valence-electron chi connectivity index (χ2n) is 7.62. The molecule has 31 heavy (non-hydrogen) atoms. The minimum atomic E-state index is -0.414. The van der Waals surface area contributed by atoms with E-state index in [4.69, 9.17) is 11.6 Å². The zero-order valence-electron chi connectivity index (χ0n) is 17.2. The van der Waals surface area contributed by atoms with Gasteiger partial charge in [0.05, 0.1) is 6.54 Å². The number of nitrogens with zero attached hydrogens (tertiary/aromatic N) is 6. The van der Waals surface area contributed by atoms with Crippen LogP contribution in [0.1, 0.15) is 11.1 Å². The molecule has 156 valence electrons. The fourth-order valence-electron chi connectivity index (χ4n) is 3.98. The summed E-state index contributed by atoms with van der Waals surface area (Å²) in [6.45, 7) is 2.44. The number of hydrogen-bond donors (Lipinski definition) is 0. The van der Waals surface area contributed by atoms with E-state index >= 15 is 0 Å². The molecule has 0 spiro atoms. The Kier molecular flexibility index (Phi) is 4.33. The van der Waals surface area contributed by atoms with Crippen molar-refractivity contribution in [2.45, 2.75) is 13.5 Å². The molecule has 3 aromatic heterocycles. The van der Waals surface area contributed by atoms with E-state index in [1.165, 1.54) is 11.6 Å². The standard InChI is InChI=1S/C22H19ClN6O2/c1-13-5-4-6-14(11-13)12-28-17-19(26(2)22(31)27(3)20(17)30)29-18(24-25-21(28)29)15-7-9-16(23)10-8-15/h4-11H,12H2,1-3H3. The van der Waals surface area contributed by atoms with Gasteiger partial charge in [0.25, 0.3) is 5.56 Å². The second-order valence-corrected chi connectivity index (χ2v) is 8.06. The Labute approximate surface area is 181 Å². The number of aromatic nitrogens is 6. The Morgan fingerprint density at radius 1 is 0.968 bits per heavy atom. The van der Waals surface area contributed by atoms with Gasteiger partial charge >= 0.3 is 5.69 Å². The van der Waals surface area contributed by atoms with Gasteiger partial charge in [-0.05, 0) is 36.8 Å². The van der Waals surface area contributed by atoms with Crippen molar-refractivity contribution in [1.82, 2.24) is 28.3 Å². The van der Waals surface area contributed by atoms with Crippen LogP contribution in [-0.2, 0) is 20.6 Å². The van der Waals surface area contributed by atoms with Gasteiger partial charge in [-0.3, -0.25) is 18.5 Å². The predicted molar refractivity (Wildman–Crippen MR) is 120 cm³/mol. The molecule has 3 heterocycles. The molecule has 0 radical (unpaired) electrons. The van der Waals surface area contributed by atoms with E-state index in [-0.39, 0.29) is 5.56 Å². The van der Waals surface area contributed by atoms with Crippen LogP contribution in [0, 0.1) is 6.92 Å². The lowest BCUT2D eigenvalue weighted by atomic mass is 10.1. The summed E-state index contributed by atoms with van der Waals surface area (Å²) in [7, 11) is 3.13.